The van der Waals surface area contributed by atoms with Crippen LogP contribution in [0.3, 0.4) is 0 Å². The number of rotatable bonds is 2. The topological polar surface area (TPSA) is 60.7 Å². The van der Waals surface area contributed by atoms with E-state index in [0.29, 0.717) is 10.7 Å². The molecule has 2 N–H and O–H groups in total. The van der Waals surface area contributed by atoms with E-state index in [1.807, 2.05) is 31.2 Å². The van der Waals surface area contributed by atoms with Gasteiger partial charge in [-0.2, -0.15) is 5.11 Å². The van der Waals surface area contributed by atoms with Gasteiger partial charge in [-0.05, 0) is 42.8 Å². The van der Waals surface area contributed by atoms with Crippen LogP contribution in [0.5, 0.6) is 5.88 Å². The highest BCUT2D eigenvalue weighted by Gasteiger charge is 2.10. The quantitative estimate of drug-likeness (QED) is 0.621. The van der Waals surface area contributed by atoms with Crippen LogP contribution in [-0.4, -0.2) is 10.1 Å². The molecule has 0 atom stereocenters. The summed E-state index contributed by atoms with van der Waals surface area (Å²) in [6.07, 6.45) is 0. The molecule has 1 aromatic heterocycles. The number of aromatic nitrogens is 1. The first-order valence-electron chi connectivity index (χ1n) is 6.12. The number of aromatic amines is 1. The van der Waals surface area contributed by atoms with Gasteiger partial charge >= 0.3 is 0 Å². The Balaban J connectivity index is 2.06. The van der Waals surface area contributed by atoms with Crippen molar-refractivity contribution in [2.45, 2.75) is 6.92 Å². The van der Waals surface area contributed by atoms with Gasteiger partial charge in [-0.15, -0.1) is 5.11 Å². The van der Waals surface area contributed by atoms with Crippen molar-refractivity contribution < 1.29 is 5.11 Å². The van der Waals surface area contributed by atoms with Crippen LogP contribution in [0.4, 0.5) is 11.4 Å². The van der Waals surface area contributed by atoms with Crippen LogP contribution < -0.4 is 0 Å². The fourth-order valence-electron chi connectivity index (χ4n) is 2.03. The first-order chi connectivity index (χ1) is 9.63. The first-order valence-corrected chi connectivity index (χ1v) is 6.50. The molecule has 0 aliphatic rings. The molecule has 20 heavy (non-hydrogen) atoms. The Labute approximate surface area is 120 Å². The van der Waals surface area contributed by atoms with E-state index in [9.17, 15) is 5.11 Å². The molecule has 0 saturated heterocycles. The Morgan fingerprint density at radius 3 is 2.75 bits per heavy atom. The zero-order valence-corrected chi connectivity index (χ0v) is 11.5. The van der Waals surface area contributed by atoms with Gasteiger partial charge in [0, 0.05) is 10.4 Å². The van der Waals surface area contributed by atoms with Gasteiger partial charge in [-0.3, -0.25) is 0 Å². The molecule has 2 aromatic carbocycles. The van der Waals surface area contributed by atoms with Crippen molar-refractivity contribution in [2.24, 2.45) is 10.2 Å². The van der Waals surface area contributed by atoms with E-state index in [1.54, 1.807) is 18.2 Å². The Morgan fingerprint density at radius 1 is 1.10 bits per heavy atom. The fourth-order valence-corrected chi connectivity index (χ4v) is 2.21. The lowest BCUT2D eigenvalue weighted by atomic mass is 10.2. The molecule has 1 heterocycles. The molecule has 5 heteroatoms. The second kappa shape index (κ2) is 4.98. The molecule has 0 aliphatic heterocycles. The third-order valence-electron chi connectivity index (χ3n) is 2.98. The second-order valence-electron chi connectivity index (χ2n) is 4.55. The molecular formula is C15H12ClN3O. The summed E-state index contributed by atoms with van der Waals surface area (Å²) in [4.78, 5) is 2.85. The highest BCUT2D eigenvalue weighted by atomic mass is 35.5. The summed E-state index contributed by atoms with van der Waals surface area (Å²) in [6, 6.07) is 13.0. The summed E-state index contributed by atoms with van der Waals surface area (Å²) < 4.78 is 0. The van der Waals surface area contributed by atoms with Crippen molar-refractivity contribution in [3.8, 4) is 5.88 Å². The number of hydrogen-bond donors (Lipinski definition) is 2. The normalized spacial score (nSPS) is 11.5. The Hall–Kier alpha value is -2.33. The Bertz CT molecular complexity index is 808. The van der Waals surface area contributed by atoms with Gasteiger partial charge in [0.05, 0.1) is 11.2 Å². The van der Waals surface area contributed by atoms with E-state index in [4.69, 9.17) is 11.6 Å². The van der Waals surface area contributed by atoms with E-state index in [0.717, 1.165) is 22.2 Å². The van der Waals surface area contributed by atoms with Crippen molar-refractivity contribution in [2.75, 3.05) is 0 Å². The van der Waals surface area contributed by atoms with Crippen LogP contribution in [-0.2, 0) is 0 Å². The largest absolute Gasteiger partial charge is 0.493 e. The number of aryl methyl sites for hydroxylation is 1. The van der Waals surface area contributed by atoms with E-state index in [2.05, 4.69) is 15.2 Å². The van der Waals surface area contributed by atoms with Crippen LogP contribution in [0.25, 0.3) is 10.9 Å². The molecular weight excluding hydrogens is 274 g/mol. The minimum atomic E-state index is -0.0151. The maximum Gasteiger partial charge on any atom is 0.218 e. The third kappa shape index (κ3) is 2.38. The third-order valence-corrected chi connectivity index (χ3v) is 3.22. The van der Waals surface area contributed by atoms with E-state index in [1.165, 1.54) is 0 Å². The van der Waals surface area contributed by atoms with Crippen molar-refractivity contribution in [3.63, 3.8) is 0 Å². The predicted octanol–water partition coefficient (Wildman–Crippen LogP) is 5.25. The molecule has 0 unspecified atom stereocenters. The summed E-state index contributed by atoms with van der Waals surface area (Å²) >= 11 is 5.97. The smallest absolute Gasteiger partial charge is 0.218 e. The lowest BCUT2D eigenvalue weighted by Crippen LogP contribution is -1.69. The number of aromatic hydroxyl groups is 1. The molecule has 0 aliphatic carbocycles. The molecule has 3 rings (SSSR count). The Kier molecular flexibility index (Phi) is 3.16. The lowest BCUT2D eigenvalue weighted by molar-refractivity contribution is 0.459. The molecule has 0 saturated carbocycles. The monoisotopic (exact) mass is 285 g/mol. The SMILES string of the molecule is Cc1cccc(N=Nc2c(O)[nH]c3ccc(Cl)cc23)c1. The minimum Gasteiger partial charge on any atom is -0.493 e. The number of hydrogen-bond acceptors (Lipinski definition) is 3. The van der Waals surface area contributed by atoms with Gasteiger partial charge < -0.3 is 10.1 Å². The molecule has 0 spiro atoms. The molecule has 0 bridgehead atoms. The number of fused-ring (bicyclic) bond motifs is 1. The summed E-state index contributed by atoms with van der Waals surface area (Å²) in [7, 11) is 0. The van der Waals surface area contributed by atoms with Crippen molar-refractivity contribution in [3.05, 3.63) is 53.1 Å². The number of halogens is 1. The van der Waals surface area contributed by atoms with Crippen molar-refractivity contribution in [1.82, 2.24) is 4.98 Å². The molecule has 3 aromatic rings. The highest BCUT2D eigenvalue weighted by Crippen LogP contribution is 2.37. The van der Waals surface area contributed by atoms with Crippen LogP contribution in [0.1, 0.15) is 5.56 Å². The van der Waals surface area contributed by atoms with E-state index in [-0.39, 0.29) is 5.88 Å². The number of nitrogens with zero attached hydrogens (tertiary/aromatic N) is 2. The first kappa shape index (κ1) is 12.7. The van der Waals surface area contributed by atoms with Gasteiger partial charge in [-0.25, -0.2) is 0 Å². The minimum absolute atomic E-state index is 0.0151. The molecule has 0 amide bonds. The average Bonchev–Trinajstić information content (AvgIpc) is 2.72. The van der Waals surface area contributed by atoms with Crippen LogP contribution in [0.15, 0.2) is 52.7 Å². The average molecular weight is 286 g/mol. The van der Waals surface area contributed by atoms with Gasteiger partial charge in [0.25, 0.3) is 0 Å². The van der Waals surface area contributed by atoms with Gasteiger partial charge in [0.1, 0.15) is 0 Å². The van der Waals surface area contributed by atoms with Crippen molar-refractivity contribution >= 4 is 33.9 Å². The number of azo groups is 1. The Morgan fingerprint density at radius 2 is 1.95 bits per heavy atom. The number of H-pyrrole nitrogens is 1. The van der Waals surface area contributed by atoms with Gasteiger partial charge in [-0.1, -0.05) is 23.7 Å². The van der Waals surface area contributed by atoms with Crippen LogP contribution in [0.2, 0.25) is 5.02 Å². The second-order valence-corrected chi connectivity index (χ2v) is 4.99. The highest BCUT2D eigenvalue weighted by molar-refractivity contribution is 6.31. The van der Waals surface area contributed by atoms with E-state index >= 15 is 0 Å². The molecule has 100 valence electrons. The van der Waals surface area contributed by atoms with Gasteiger partial charge in [0.15, 0.2) is 5.69 Å². The fraction of sp³-hybridized carbons (Fsp3) is 0.0667. The summed E-state index contributed by atoms with van der Waals surface area (Å²) in [5.74, 6) is -0.0151. The summed E-state index contributed by atoms with van der Waals surface area (Å²) in [6.45, 7) is 1.99. The molecule has 0 radical (unpaired) electrons. The number of benzene rings is 2. The lowest BCUT2D eigenvalue weighted by Gasteiger charge is -1.95. The van der Waals surface area contributed by atoms with E-state index < -0.39 is 0 Å². The van der Waals surface area contributed by atoms with Crippen molar-refractivity contribution in [1.29, 1.82) is 0 Å². The summed E-state index contributed by atoms with van der Waals surface area (Å²) in [5, 5.41) is 19.5. The number of nitrogens with one attached hydrogen (secondary N) is 1. The maximum absolute atomic E-state index is 9.91. The zero-order valence-electron chi connectivity index (χ0n) is 10.8. The summed E-state index contributed by atoms with van der Waals surface area (Å²) in [5.41, 5.74) is 3.00. The predicted molar refractivity (Wildman–Crippen MR) is 80.3 cm³/mol. The van der Waals surface area contributed by atoms with Crippen LogP contribution in [0, 0.1) is 6.92 Å². The zero-order chi connectivity index (χ0) is 14.1. The van der Waals surface area contributed by atoms with Gasteiger partial charge in [0.2, 0.25) is 5.88 Å². The molecule has 4 nitrogen and oxygen atoms in total. The molecule has 0 fully saturated rings. The standard InChI is InChI=1S/C15H12ClN3O/c1-9-3-2-4-11(7-9)18-19-14-12-8-10(16)5-6-13(12)17-15(14)20/h2-8,17,20H,1H3. The maximum atomic E-state index is 9.91. The van der Waals surface area contributed by atoms with Crippen LogP contribution >= 0.6 is 11.6 Å².